The first kappa shape index (κ1) is 19.4. The highest BCUT2D eigenvalue weighted by Crippen LogP contribution is 2.29. The largest absolute Gasteiger partial charge is 0.342 e. The molecule has 4 aromatic heterocycles. The summed E-state index contributed by atoms with van der Waals surface area (Å²) in [7, 11) is 0. The van der Waals surface area contributed by atoms with Gasteiger partial charge in [0.1, 0.15) is 11.3 Å². The van der Waals surface area contributed by atoms with Crippen LogP contribution in [-0.2, 0) is 12.8 Å². The van der Waals surface area contributed by atoms with Crippen LogP contribution in [-0.4, -0.2) is 56.1 Å². The molecule has 30 heavy (non-hydrogen) atoms. The molecule has 1 aliphatic rings. The Morgan fingerprint density at radius 3 is 1.53 bits per heavy atom. The first-order chi connectivity index (χ1) is 14.6. The maximum absolute atomic E-state index is 6.39. The number of nitrogens with zero attached hydrogens (tertiary/aromatic N) is 6. The zero-order chi connectivity index (χ0) is 20.8. The van der Waals surface area contributed by atoms with Crippen LogP contribution in [0.25, 0.3) is 22.1 Å². The number of halogens is 2. The molecule has 0 bridgehead atoms. The lowest BCUT2D eigenvalue weighted by atomic mass is 10.3. The van der Waals surface area contributed by atoms with Crippen molar-refractivity contribution in [3.05, 3.63) is 33.8 Å². The van der Waals surface area contributed by atoms with Gasteiger partial charge in [0, 0.05) is 50.0 Å². The van der Waals surface area contributed by atoms with Crippen molar-refractivity contribution in [3.63, 3.8) is 0 Å². The molecule has 0 unspecified atom stereocenters. The molecule has 5 heterocycles. The fraction of sp³-hybridized carbons (Fsp3) is 0.400. The van der Waals surface area contributed by atoms with Crippen molar-refractivity contribution in [1.29, 1.82) is 0 Å². The third kappa shape index (κ3) is 3.15. The Balaban J connectivity index is 1.33. The predicted molar refractivity (Wildman–Crippen MR) is 121 cm³/mol. The van der Waals surface area contributed by atoms with Gasteiger partial charge in [0.2, 0.25) is 11.9 Å². The number of piperazine rings is 1. The lowest BCUT2D eigenvalue weighted by Gasteiger charge is -2.34. The summed E-state index contributed by atoms with van der Waals surface area (Å²) in [6.07, 6.45) is 5.28. The standard InChI is InChI=1S/C20H22Cl2N8/c1-3-13-15(21)11-9-23-19(27-17(11)25-13)29-5-7-30(8-6-29)20-24-10-12-16(22)14(4-2)26-18(12)28-20/h9-10H,3-8H2,1-2H3,(H,23,25,27)(H,24,26,28). The van der Waals surface area contributed by atoms with Crippen molar-refractivity contribution in [2.75, 3.05) is 36.0 Å². The number of anilines is 2. The minimum Gasteiger partial charge on any atom is -0.342 e. The van der Waals surface area contributed by atoms with Gasteiger partial charge in [0.15, 0.2) is 0 Å². The topological polar surface area (TPSA) is 89.6 Å². The van der Waals surface area contributed by atoms with Crippen molar-refractivity contribution < 1.29 is 0 Å². The lowest BCUT2D eigenvalue weighted by Crippen LogP contribution is -2.47. The van der Waals surface area contributed by atoms with Crippen LogP contribution in [0, 0.1) is 0 Å². The monoisotopic (exact) mass is 444 g/mol. The molecule has 1 fully saturated rings. The Morgan fingerprint density at radius 1 is 0.767 bits per heavy atom. The van der Waals surface area contributed by atoms with Gasteiger partial charge in [-0.05, 0) is 12.8 Å². The van der Waals surface area contributed by atoms with Crippen LogP contribution in [0.3, 0.4) is 0 Å². The van der Waals surface area contributed by atoms with E-state index in [9.17, 15) is 0 Å². The highest BCUT2D eigenvalue weighted by Gasteiger charge is 2.22. The second-order valence-corrected chi connectivity index (χ2v) is 8.14. The molecular formula is C20H22Cl2N8. The molecule has 0 aromatic carbocycles. The van der Waals surface area contributed by atoms with E-state index in [4.69, 9.17) is 33.2 Å². The number of aromatic amines is 2. The van der Waals surface area contributed by atoms with Gasteiger partial charge in [-0.2, -0.15) is 9.97 Å². The van der Waals surface area contributed by atoms with E-state index in [0.717, 1.165) is 72.5 Å². The van der Waals surface area contributed by atoms with E-state index >= 15 is 0 Å². The van der Waals surface area contributed by atoms with E-state index in [1.807, 2.05) is 0 Å². The first-order valence-electron chi connectivity index (χ1n) is 10.1. The van der Waals surface area contributed by atoms with Crippen LogP contribution in [0.15, 0.2) is 12.4 Å². The SMILES string of the molecule is CCc1[nH]c2nc(N3CCN(c4ncc5c(Cl)c(CC)[nH]c5n4)CC3)ncc2c1Cl. The van der Waals surface area contributed by atoms with E-state index in [-0.39, 0.29) is 0 Å². The minimum atomic E-state index is 0.711. The lowest BCUT2D eigenvalue weighted by molar-refractivity contribution is 0.630. The van der Waals surface area contributed by atoms with Crippen molar-refractivity contribution in [1.82, 2.24) is 29.9 Å². The fourth-order valence-corrected chi connectivity index (χ4v) is 4.51. The molecule has 10 heteroatoms. The molecule has 0 aliphatic carbocycles. The molecule has 0 radical (unpaired) electrons. The van der Waals surface area contributed by atoms with Gasteiger partial charge in [-0.1, -0.05) is 37.0 Å². The molecule has 0 amide bonds. The number of hydrogen-bond acceptors (Lipinski definition) is 6. The third-order valence-electron chi connectivity index (χ3n) is 5.65. The van der Waals surface area contributed by atoms with E-state index in [2.05, 4.69) is 43.6 Å². The summed E-state index contributed by atoms with van der Waals surface area (Å²) in [4.78, 5) is 29.4. The number of H-pyrrole nitrogens is 2. The molecule has 5 rings (SSSR count). The Kier molecular flexibility index (Phi) is 4.91. The Hall–Kier alpha value is -2.58. The average Bonchev–Trinajstić information content (AvgIpc) is 3.29. The van der Waals surface area contributed by atoms with Crippen molar-refractivity contribution >= 4 is 57.2 Å². The molecule has 4 aromatic rings. The van der Waals surface area contributed by atoms with Crippen molar-refractivity contribution in [2.24, 2.45) is 0 Å². The average molecular weight is 445 g/mol. The molecule has 156 valence electrons. The zero-order valence-electron chi connectivity index (χ0n) is 16.8. The summed E-state index contributed by atoms with van der Waals surface area (Å²) in [5.74, 6) is 1.42. The highest BCUT2D eigenvalue weighted by atomic mass is 35.5. The molecule has 2 N–H and O–H groups in total. The van der Waals surface area contributed by atoms with Gasteiger partial charge >= 0.3 is 0 Å². The summed E-state index contributed by atoms with van der Waals surface area (Å²) in [6.45, 7) is 7.27. The number of aryl methyl sites for hydroxylation is 2. The van der Waals surface area contributed by atoms with Gasteiger partial charge in [0.25, 0.3) is 0 Å². The number of hydrogen-bond donors (Lipinski definition) is 2. The van der Waals surface area contributed by atoms with Gasteiger partial charge in [-0.3, -0.25) is 0 Å². The highest BCUT2D eigenvalue weighted by molar-refractivity contribution is 6.36. The third-order valence-corrected chi connectivity index (χ3v) is 6.51. The maximum Gasteiger partial charge on any atom is 0.227 e. The summed E-state index contributed by atoms with van der Waals surface area (Å²) >= 11 is 12.8. The second kappa shape index (κ2) is 7.59. The van der Waals surface area contributed by atoms with Crippen LogP contribution < -0.4 is 9.80 Å². The van der Waals surface area contributed by atoms with E-state index in [1.165, 1.54) is 0 Å². The molecule has 0 saturated carbocycles. The number of nitrogens with one attached hydrogen (secondary N) is 2. The molecule has 0 atom stereocenters. The summed E-state index contributed by atoms with van der Waals surface area (Å²) in [5.41, 5.74) is 3.55. The predicted octanol–water partition coefficient (Wildman–Crippen LogP) is 3.99. The summed E-state index contributed by atoms with van der Waals surface area (Å²) < 4.78 is 0. The van der Waals surface area contributed by atoms with E-state index in [0.29, 0.717) is 21.9 Å². The van der Waals surface area contributed by atoms with E-state index in [1.54, 1.807) is 12.4 Å². The summed E-state index contributed by atoms with van der Waals surface area (Å²) in [6, 6.07) is 0. The first-order valence-corrected chi connectivity index (χ1v) is 10.9. The van der Waals surface area contributed by atoms with Crippen molar-refractivity contribution in [2.45, 2.75) is 26.7 Å². The maximum atomic E-state index is 6.39. The van der Waals surface area contributed by atoms with Crippen LogP contribution in [0.4, 0.5) is 11.9 Å². The molecular weight excluding hydrogens is 423 g/mol. The molecule has 8 nitrogen and oxygen atoms in total. The molecule has 1 aliphatic heterocycles. The van der Waals surface area contributed by atoms with E-state index < -0.39 is 0 Å². The Labute approximate surface area is 183 Å². The van der Waals surface area contributed by atoms with Gasteiger partial charge in [0.05, 0.1) is 20.8 Å². The van der Waals surface area contributed by atoms with Gasteiger partial charge < -0.3 is 19.8 Å². The number of fused-ring (bicyclic) bond motifs is 2. The Bertz CT molecular complexity index is 1130. The summed E-state index contributed by atoms with van der Waals surface area (Å²) in [5, 5.41) is 3.17. The zero-order valence-corrected chi connectivity index (χ0v) is 18.3. The van der Waals surface area contributed by atoms with Crippen LogP contribution in [0.5, 0.6) is 0 Å². The number of rotatable bonds is 4. The minimum absolute atomic E-state index is 0.711. The van der Waals surface area contributed by atoms with Crippen molar-refractivity contribution in [3.8, 4) is 0 Å². The number of aromatic nitrogens is 6. The fourth-order valence-electron chi connectivity index (χ4n) is 3.88. The Morgan fingerprint density at radius 2 is 1.17 bits per heavy atom. The van der Waals surface area contributed by atoms with Crippen LogP contribution in [0.2, 0.25) is 10.0 Å². The molecule has 1 saturated heterocycles. The quantitative estimate of drug-likeness (QED) is 0.494. The smallest absolute Gasteiger partial charge is 0.227 e. The molecule has 0 spiro atoms. The van der Waals surface area contributed by atoms with Gasteiger partial charge in [-0.15, -0.1) is 0 Å². The van der Waals surface area contributed by atoms with Gasteiger partial charge in [-0.25, -0.2) is 9.97 Å². The second-order valence-electron chi connectivity index (χ2n) is 7.38. The normalized spacial score (nSPS) is 14.9. The van der Waals surface area contributed by atoms with Crippen LogP contribution in [0.1, 0.15) is 25.2 Å². The van der Waals surface area contributed by atoms with Crippen LogP contribution >= 0.6 is 23.2 Å².